The fraction of sp³-hybridized carbons (Fsp3) is 0.500. The number of carbonyl (C=O) groups excluding carboxylic acids is 1. The first-order valence-electron chi connectivity index (χ1n) is 6.17. The van der Waals surface area contributed by atoms with Gasteiger partial charge in [-0.1, -0.05) is 26.1 Å². The van der Waals surface area contributed by atoms with E-state index < -0.39 is 22.0 Å². The van der Waals surface area contributed by atoms with Crippen molar-refractivity contribution in [1.82, 2.24) is 4.72 Å². The van der Waals surface area contributed by atoms with Crippen molar-refractivity contribution in [1.29, 1.82) is 0 Å². The number of hydrogen-bond donors (Lipinski definition) is 2. The van der Waals surface area contributed by atoms with Gasteiger partial charge in [-0.15, -0.1) is 11.3 Å². The second kappa shape index (κ2) is 7.30. The predicted octanol–water partition coefficient (Wildman–Crippen LogP) is 1.25. The molecule has 0 radical (unpaired) electrons. The Balaban J connectivity index is 2.99. The number of nitrogens with two attached hydrogens (primary N) is 1. The number of nitrogens with one attached hydrogen (secondary N) is 1. The van der Waals surface area contributed by atoms with Gasteiger partial charge < -0.3 is 10.5 Å². The Kier molecular flexibility index (Phi) is 6.26. The van der Waals surface area contributed by atoms with E-state index in [2.05, 4.69) is 9.46 Å². The van der Waals surface area contributed by atoms with Crippen LogP contribution < -0.4 is 10.5 Å². The lowest BCUT2D eigenvalue weighted by atomic mass is 10.1. The number of thiocarbonyl (C=S) groups is 1. The van der Waals surface area contributed by atoms with E-state index in [1.807, 2.05) is 13.8 Å². The maximum Gasteiger partial charge on any atom is 0.323 e. The molecule has 1 unspecified atom stereocenters. The zero-order valence-corrected chi connectivity index (χ0v) is 14.4. The standard InChI is InChI=1S/C12H18N2O4S3/c1-7(2)6-8(12(15)18-3)14-21(16,17)10-5-4-9(20-10)11(13)19/h4-5,7-8,14H,6H2,1-3H3,(H2,13,19). The Hall–Kier alpha value is -1.03. The molecule has 1 aromatic heterocycles. The van der Waals surface area contributed by atoms with Crippen LogP contribution in [0.1, 0.15) is 25.1 Å². The van der Waals surface area contributed by atoms with Crippen molar-refractivity contribution in [3.63, 3.8) is 0 Å². The molecule has 9 heteroatoms. The van der Waals surface area contributed by atoms with Crippen LogP contribution in [0.15, 0.2) is 16.3 Å². The molecule has 0 amide bonds. The summed E-state index contributed by atoms with van der Waals surface area (Å²) in [5.41, 5.74) is 5.46. The second-order valence-electron chi connectivity index (χ2n) is 4.81. The third kappa shape index (κ3) is 5.03. The quantitative estimate of drug-likeness (QED) is 0.567. The average molecular weight is 350 g/mol. The largest absolute Gasteiger partial charge is 0.468 e. The van der Waals surface area contributed by atoms with Gasteiger partial charge in [-0.2, -0.15) is 4.72 Å². The van der Waals surface area contributed by atoms with E-state index in [4.69, 9.17) is 18.0 Å². The molecular formula is C12H18N2O4S3. The van der Waals surface area contributed by atoms with Gasteiger partial charge in [0.15, 0.2) is 0 Å². The van der Waals surface area contributed by atoms with Crippen LogP contribution in [0.5, 0.6) is 0 Å². The minimum absolute atomic E-state index is 0.0583. The summed E-state index contributed by atoms with van der Waals surface area (Å²) in [6.07, 6.45) is 0.347. The van der Waals surface area contributed by atoms with Gasteiger partial charge in [-0.05, 0) is 24.5 Å². The molecule has 6 nitrogen and oxygen atoms in total. The van der Waals surface area contributed by atoms with E-state index >= 15 is 0 Å². The van der Waals surface area contributed by atoms with Crippen molar-refractivity contribution in [2.24, 2.45) is 11.7 Å². The predicted molar refractivity (Wildman–Crippen MR) is 85.8 cm³/mol. The molecule has 0 saturated heterocycles. The highest BCUT2D eigenvalue weighted by atomic mass is 32.2. The fourth-order valence-corrected chi connectivity index (χ4v) is 4.21. The number of carbonyl (C=O) groups is 1. The van der Waals surface area contributed by atoms with Gasteiger partial charge in [0, 0.05) is 0 Å². The lowest BCUT2D eigenvalue weighted by Gasteiger charge is -2.17. The van der Waals surface area contributed by atoms with E-state index in [9.17, 15) is 13.2 Å². The number of sulfonamides is 1. The number of thiophene rings is 1. The Morgan fingerprint density at radius 3 is 2.52 bits per heavy atom. The summed E-state index contributed by atoms with van der Waals surface area (Å²) in [5, 5.41) is 0. The molecule has 118 valence electrons. The first kappa shape index (κ1) is 18.0. The minimum atomic E-state index is -3.82. The lowest BCUT2D eigenvalue weighted by Crippen LogP contribution is -2.42. The minimum Gasteiger partial charge on any atom is -0.468 e. The maximum absolute atomic E-state index is 12.3. The van der Waals surface area contributed by atoms with Gasteiger partial charge >= 0.3 is 5.97 Å². The summed E-state index contributed by atoms with van der Waals surface area (Å²) in [5.74, 6) is -0.481. The number of rotatable bonds is 7. The number of esters is 1. The molecule has 21 heavy (non-hydrogen) atoms. The highest BCUT2D eigenvalue weighted by Crippen LogP contribution is 2.22. The van der Waals surface area contributed by atoms with Crippen molar-refractivity contribution in [3.8, 4) is 0 Å². The van der Waals surface area contributed by atoms with Crippen LogP contribution >= 0.6 is 23.6 Å². The topological polar surface area (TPSA) is 98.5 Å². The Bertz CT molecular complexity index is 622. The molecule has 1 heterocycles. The SMILES string of the molecule is COC(=O)C(CC(C)C)NS(=O)(=O)c1ccc(C(N)=S)s1. The van der Waals surface area contributed by atoms with Gasteiger partial charge in [0.2, 0.25) is 0 Å². The van der Waals surface area contributed by atoms with Crippen molar-refractivity contribution in [2.45, 2.75) is 30.5 Å². The molecule has 1 atom stereocenters. The zero-order valence-electron chi connectivity index (χ0n) is 12.0. The molecule has 3 N–H and O–H groups in total. The van der Waals surface area contributed by atoms with E-state index in [-0.39, 0.29) is 15.1 Å². The van der Waals surface area contributed by atoms with Crippen LogP contribution in [0.4, 0.5) is 0 Å². The second-order valence-corrected chi connectivity index (χ2v) is 8.27. The lowest BCUT2D eigenvalue weighted by molar-refractivity contribution is -0.143. The van der Waals surface area contributed by atoms with Crippen LogP contribution in [-0.2, 0) is 19.6 Å². The molecule has 0 bridgehead atoms. The van der Waals surface area contributed by atoms with Crippen LogP contribution in [0.3, 0.4) is 0 Å². The summed E-state index contributed by atoms with van der Waals surface area (Å²) in [6.45, 7) is 3.78. The van der Waals surface area contributed by atoms with E-state index in [0.717, 1.165) is 11.3 Å². The maximum atomic E-state index is 12.3. The van der Waals surface area contributed by atoms with E-state index in [1.54, 1.807) is 0 Å². The molecule has 1 rings (SSSR count). The number of ether oxygens (including phenoxy) is 1. The molecule has 0 aromatic carbocycles. The van der Waals surface area contributed by atoms with Gasteiger partial charge in [-0.25, -0.2) is 8.42 Å². The van der Waals surface area contributed by atoms with Gasteiger partial charge in [0.05, 0.1) is 12.0 Å². The first-order chi connectivity index (χ1) is 9.67. The molecule has 1 aromatic rings. The summed E-state index contributed by atoms with van der Waals surface area (Å²) < 4.78 is 31.6. The zero-order chi connectivity index (χ0) is 16.2. The molecule has 0 saturated carbocycles. The summed E-state index contributed by atoms with van der Waals surface area (Å²) >= 11 is 5.76. The fourth-order valence-electron chi connectivity index (χ4n) is 1.65. The van der Waals surface area contributed by atoms with E-state index in [1.165, 1.54) is 19.2 Å². The van der Waals surface area contributed by atoms with Crippen LogP contribution in [-0.4, -0.2) is 32.5 Å². The van der Waals surface area contributed by atoms with E-state index in [0.29, 0.717) is 11.3 Å². The van der Waals surface area contributed by atoms with Crippen molar-refractivity contribution < 1.29 is 17.9 Å². The molecule has 0 aliphatic heterocycles. The monoisotopic (exact) mass is 350 g/mol. The van der Waals surface area contributed by atoms with Gasteiger partial charge in [0.1, 0.15) is 15.2 Å². The summed E-state index contributed by atoms with van der Waals surface area (Å²) in [4.78, 5) is 12.3. The van der Waals surface area contributed by atoms with Crippen LogP contribution in [0.25, 0.3) is 0 Å². The highest BCUT2D eigenvalue weighted by molar-refractivity contribution is 7.91. The van der Waals surface area contributed by atoms with Gasteiger partial charge in [-0.3, -0.25) is 4.79 Å². The summed E-state index contributed by atoms with van der Waals surface area (Å²) in [7, 11) is -2.60. The normalized spacial score (nSPS) is 13.1. The van der Waals surface area contributed by atoms with Crippen molar-refractivity contribution in [3.05, 3.63) is 17.0 Å². The number of methoxy groups -OCH3 is 1. The third-order valence-corrected chi connectivity index (χ3v) is 6.01. The Morgan fingerprint density at radius 1 is 1.48 bits per heavy atom. The average Bonchev–Trinajstić information content (AvgIpc) is 2.86. The number of hydrogen-bond acceptors (Lipinski definition) is 6. The highest BCUT2D eigenvalue weighted by Gasteiger charge is 2.28. The molecule has 0 fully saturated rings. The van der Waals surface area contributed by atoms with Crippen molar-refractivity contribution in [2.75, 3.05) is 7.11 Å². The van der Waals surface area contributed by atoms with Gasteiger partial charge in [0.25, 0.3) is 10.0 Å². The molecule has 0 aliphatic rings. The first-order valence-corrected chi connectivity index (χ1v) is 8.88. The Morgan fingerprint density at radius 2 is 2.10 bits per heavy atom. The molecular weight excluding hydrogens is 332 g/mol. The van der Waals surface area contributed by atoms with Crippen LogP contribution in [0, 0.1) is 5.92 Å². The Labute approximate surface area is 133 Å². The van der Waals surface area contributed by atoms with Crippen molar-refractivity contribution >= 4 is 44.5 Å². The molecule has 0 aliphatic carbocycles. The van der Waals surface area contributed by atoms with Crippen LogP contribution in [0.2, 0.25) is 0 Å². The molecule has 0 spiro atoms. The summed E-state index contributed by atoms with van der Waals surface area (Å²) in [6, 6.07) is 2.03. The third-order valence-electron chi connectivity index (χ3n) is 2.58. The smallest absolute Gasteiger partial charge is 0.323 e.